The minimum Gasteiger partial charge on any atom is -0.469 e. The number of nitrogens with zero attached hydrogens (tertiary/aromatic N) is 2. The summed E-state index contributed by atoms with van der Waals surface area (Å²) in [6.45, 7) is 3.55. The Morgan fingerprint density at radius 1 is 0.882 bits per heavy atom. The number of fused-ring (bicyclic) bond motifs is 1. The van der Waals surface area contributed by atoms with Gasteiger partial charge in [0.15, 0.2) is 6.04 Å². The standard InChI is InChI=1S/C25H27N3O6/c1-25(2)17(23(31)33-3)20(24(32)34-4)27-22(30)18(26-21(29)16-13-9-6-10-14-16)19(28(25)27)15-11-7-5-8-12-15/h5-14,17-20H,1-4H3,(H,26,29)/t17-,18+,19+,20+/m1/s1. The number of carbonyl (C=O) groups is 4. The maximum atomic E-state index is 13.8. The van der Waals surface area contributed by atoms with Crippen LogP contribution < -0.4 is 5.32 Å². The number of ether oxygens (including phenoxy) is 2. The highest BCUT2D eigenvalue weighted by atomic mass is 16.5. The van der Waals surface area contributed by atoms with Gasteiger partial charge < -0.3 is 14.8 Å². The molecule has 2 aromatic carbocycles. The Balaban J connectivity index is 1.83. The number of hydrogen-bond acceptors (Lipinski definition) is 7. The third-order valence-corrected chi connectivity index (χ3v) is 6.60. The lowest BCUT2D eigenvalue weighted by molar-refractivity contribution is -0.161. The fourth-order valence-electron chi connectivity index (χ4n) is 5.08. The van der Waals surface area contributed by atoms with Gasteiger partial charge in [0.25, 0.3) is 11.8 Å². The number of amides is 2. The van der Waals surface area contributed by atoms with E-state index >= 15 is 0 Å². The zero-order chi connectivity index (χ0) is 24.6. The summed E-state index contributed by atoms with van der Waals surface area (Å²) >= 11 is 0. The number of rotatable bonds is 5. The molecule has 0 bridgehead atoms. The third kappa shape index (κ3) is 3.62. The van der Waals surface area contributed by atoms with E-state index in [0.717, 1.165) is 5.56 Å². The fourth-order valence-corrected chi connectivity index (χ4v) is 5.08. The smallest absolute Gasteiger partial charge is 0.331 e. The molecule has 4 rings (SSSR count). The van der Waals surface area contributed by atoms with Gasteiger partial charge in [0.05, 0.1) is 25.8 Å². The molecule has 178 valence electrons. The van der Waals surface area contributed by atoms with E-state index in [9.17, 15) is 19.2 Å². The molecule has 2 aliphatic rings. The molecule has 4 atom stereocenters. The Kier molecular flexibility index (Phi) is 6.14. The molecular weight excluding hydrogens is 438 g/mol. The van der Waals surface area contributed by atoms with E-state index in [1.807, 2.05) is 30.3 Å². The molecular formula is C25H27N3O6. The summed E-state index contributed by atoms with van der Waals surface area (Å²) in [4.78, 5) is 52.5. The summed E-state index contributed by atoms with van der Waals surface area (Å²) in [5.41, 5.74) is 0.133. The lowest BCUT2D eigenvalue weighted by atomic mass is 9.81. The molecule has 0 radical (unpaired) electrons. The van der Waals surface area contributed by atoms with E-state index in [1.54, 1.807) is 49.2 Å². The van der Waals surface area contributed by atoms with E-state index < -0.39 is 53.3 Å². The average molecular weight is 466 g/mol. The average Bonchev–Trinajstić information content (AvgIpc) is 3.27. The highest BCUT2D eigenvalue weighted by Gasteiger charge is 2.68. The lowest BCUT2D eigenvalue weighted by Gasteiger charge is -2.38. The van der Waals surface area contributed by atoms with Crippen LogP contribution in [0, 0.1) is 5.92 Å². The summed E-state index contributed by atoms with van der Waals surface area (Å²) in [5.74, 6) is -3.28. The fraction of sp³-hybridized carbons (Fsp3) is 0.360. The van der Waals surface area contributed by atoms with E-state index in [4.69, 9.17) is 9.47 Å². The van der Waals surface area contributed by atoms with Gasteiger partial charge >= 0.3 is 11.9 Å². The second kappa shape index (κ2) is 8.90. The van der Waals surface area contributed by atoms with Crippen LogP contribution in [-0.4, -0.2) is 65.6 Å². The van der Waals surface area contributed by atoms with Gasteiger partial charge in [-0.25, -0.2) is 9.80 Å². The molecule has 2 heterocycles. The summed E-state index contributed by atoms with van der Waals surface area (Å²) in [7, 11) is 2.45. The lowest BCUT2D eigenvalue weighted by Crippen LogP contribution is -2.52. The van der Waals surface area contributed by atoms with E-state index in [1.165, 1.54) is 19.2 Å². The summed E-state index contributed by atoms with van der Waals surface area (Å²) < 4.78 is 9.99. The van der Waals surface area contributed by atoms with Crippen LogP contribution in [0.2, 0.25) is 0 Å². The first-order valence-corrected chi connectivity index (χ1v) is 10.9. The molecule has 2 fully saturated rings. The van der Waals surface area contributed by atoms with Gasteiger partial charge in [0.2, 0.25) is 0 Å². The first kappa shape index (κ1) is 23.4. The second-order valence-electron chi connectivity index (χ2n) is 8.82. The van der Waals surface area contributed by atoms with E-state index in [-0.39, 0.29) is 0 Å². The van der Waals surface area contributed by atoms with Crippen molar-refractivity contribution in [2.24, 2.45) is 5.92 Å². The highest BCUT2D eigenvalue weighted by Crippen LogP contribution is 2.50. The molecule has 0 aromatic heterocycles. The monoisotopic (exact) mass is 465 g/mol. The number of hydrazine groups is 1. The number of carbonyl (C=O) groups excluding carboxylic acids is 4. The number of benzene rings is 2. The first-order valence-electron chi connectivity index (χ1n) is 10.9. The molecule has 34 heavy (non-hydrogen) atoms. The molecule has 0 aliphatic carbocycles. The van der Waals surface area contributed by atoms with Crippen LogP contribution in [0.5, 0.6) is 0 Å². The van der Waals surface area contributed by atoms with Crippen molar-refractivity contribution in [1.82, 2.24) is 15.3 Å². The molecule has 0 spiro atoms. The van der Waals surface area contributed by atoms with Crippen molar-refractivity contribution in [3.63, 3.8) is 0 Å². The van der Waals surface area contributed by atoms with Crippen molar-refractivity contribution in [3.05, 3.63) is 71.8 Å². The maximum Gasteiger partial charge on any atom is 0.331 e. The minimum atomic E-state index is -1.23. The van der Waals surface area contributed by atoms with Gasteiger partial charge in [-0.3, -0.25) is 19.4 Å². The second-order valence-corrected chi connectivity index (χ2v) is 8.82. The number of nitrogens with one attached hydrogen (secondary N) is 1. The largest absolute Gasteiger partial charge is 0.469 e. The Morgan fingerprint density at radius 3 is 2.00 bits per heavy atom. The molecule has 2 aromatic rings. The SMILES string of the molecule is COC(=O)[C@@H]1[C@H](C(=O)OC)C(C)(C)N2[C@@H](c3ccccc3)[C@H](NC(=O)c3ccccc3)C(=O)N12. The minimum absolute atomic E-state index is 0.403. The van der Waals surface area contributed by atoms with Gasteiger partial charge in [-0.15, -0.1) is 0 Å². The topological polar surface area (TPSA) is 105 Å². The van der Waals surface area contributed by atoms with Crippen LogP contribution in [0.15, 0.2) is 60.7 Å². The number of methoxy groups -OCH3 is 2. The van der Waals surface area contributed by atoms with E-state index in [2.05, 4.69) is 5.32 Å². The summed E-state index contributed by atoms with van der Waals surface area (Å²) in [6, 6.07) is 14.9. The predicted octanol–water partition coefficient (Wildman–Crippen LogP) is 1.71. The van der Waals surface area contributed by atoms with Crippen molar-refractivity contribution in [3.8, 4) is 0 Å². The van der Waals surface area contributed by atoms with Gasteiger partial charge in [-0.1, -0.05) is 48.5 Å². The van der Waals surface area contributed by atoms with Crippen molar-refractivity contribution in [2.45, 2.75) is 37.5 Å². The Hall–Kier alpha value is -3.72. The van der Waals surface area contributed by atoms with Crippen molar-refractivity contribution < 1.29 is 28.7 Å². The molecule has 2 amide bonds. The maximum absolute atomic E-state index is 13.8. The Bertz CT molecular complexity index is 1100. The van der Waals surface area contributed by atoms with Crippen LogP contribution in [-0.2, 0) is 23.9 Å². The first-order chi connectivity index (χ1) is 16.2. The normalized spacial score (nSPS) is 25.5. The van der Waals surface area contributed by atoms with Crippen molar-refractivity contribution in [1.29, 1.82) is 0 Å². The number of esters is 2. The van der Waals surface area contributed by atoms with Gasteiger partial charge in [0.1, 0.15) is 12.0 Å². The van der Waals surface area contributed by atoms with Crippen molar-refractivity contribution >= 4 is 23.8 Å². The van der Waals surface area contributed by atoms with Gasteiger partial charge in [-0.05, 0) is 31.5 Å². The molecule has 0 unspecified atom stereocenters. The molecule has 9 nitrogen and oxygen atoms in total. The third-order valence-electron chi connectivity index (χ3n) is 6.60. The highest BCUT2D eigenvalue weighted by molar-refractivity contribution is 6.00. The van der Waals surface area contributed by atoms with Crippen LogP contribution in [0.25, 0.3) is 0 Å². The molecule has 1 N–H and O–H groups in total. The Morgan fingerprint density at radius 2 is 1.44 bits per heavy atom. The molecule has 2 saturated heterocycles. The van der Waals surface area contributed by atoms with Crippen molar-refractivity contribution in [2.75, 3.05) is 14.2 Å². The summed E-state index contributed by atoms with van der Waals surface area (Å²) in [6.07, 6.45) is 0. The van der Waals surface area contributed by atoms with Gasteiger partial charge in [-0.2, -0.15) is 0 Å². The van der Waals surface area contributed by atoms with Crippen LogP contribution >= 0.6 is 0 Å². The van der Waals surface area contributed by atoms with E-state index in [0.29, 0.717) is 5.56 Å². The molecule has 2 aliphatic heterocycles. The van der Waals surface area contributed by atoms with Crippen LogP contribution in [0.4, 0.5) is 0 Å². The van der Waals surface area contributed by atoms with Crippen LogP contribution in [0.1, 0.15) is 35.8 Å². The predicted molar refractivity (Wildman–Crippen MR) is 121 cm³/mol. The summed E-state index contributed by atoms with van der Waals surface area (Å²) in [5, 5.41) is 5.83. The molecule has 9 heteroatoms. The zero-order valence-electron chi connectivity index (χ0n) is 19.4. The molecule has 0 saturated carbocycles. The van der Waals surface area contributed by atoms with Gasteiger partial charge in [0, 0.05) is 5.56 Å². The zero-order valence-corrected chi connectivity index (χ0v) is 19.4. The quantitative estimate of drug-likeness (QED) is 0.670. The van der Waals surface area contributed by atoms with Crippen LogP contribution in [0.3, 0.4) is 0 Å². The number of hydrogen-bond donors (Lipinski definition) is 1. The Labute approximate surface area is 197 Å².